The summed E-state index contributed by atoms with van der Waals surface area (Å²) in [6.45, 7) is 7.06. The first kappa shape index (κ1) is 12.0. The van der Waals surface area contributed by atoms with E-state index >= 15 is 0 Å². The van der Waals surface area contributed by atoms with Crippen LogP contribution in [0.2, 0.25) is 0 Å². The van der Waals surface area contributed by atoms with E-state index in [0.717, 1.165) is 18.3 Å². The van der Waals surface area contributed by atoms with Crippen LogP contribution in [0.4, 0.5) is 0 Å². The van der Waals surface area contributed by atoms with Gasteiger partial charge in [-0.3, -0.25) is 0 Å². The van der Waals surface area contributed by atoms with Gasteiger partial charge in [-0.1, -0.05) is 27.2 Å². The number of nitrogens with one attached hydrogen (secondary N) is 1. The molecule has 2 nitrogen and oxygen atoms in total. The van der Waals surface area contributed by atoms with Gasteiger partial charge in [0.1, 0.15) is 0 Å². The van der Waals surface area contributed by atoms with E-state index in [1.807, 2.05) is 0 Å². The van der Waals surface area contributed by atoms with Crippen LogP contribution in [0.1, 0.15) is 46.5 Å². The number of aliphatic hydroxyl groups excluding tert-OH is 1. The molecule has 0 aromatic carbocycles. The van der Waals surface area contributed by atoms with E-state index in [1.54, 1.807) is 0 Å². The molecule has 0 spiro atoms. The summed E-state index contributed by atoms with van der Waals surface area (Å²) >= 11 is 0. The third-order valence-corrected chi connectivity index (χ3v) is 3.69. The first-order valence-electron chi connectivity index (χ1n) is 6.06. The fourth-order valence-electron chi connectivity index (χ4n) is 2.58. The fourth-order valence-corrected chi connectivity index (χ4v) is 2.58. The number of hydrogen-bond donors (Lipinski definition) is 2. The van der Waals surface area contributed by atoms with Gasteiger partial charge >= 0.3 is 0 Å². The van der Waals surface area contributed by atoms with Gasteiger partial charge in [0.05, 0.1) is 6.61 Å². The van der Waals surface area contributed by atoms with Gasteiger partial charge < -0.3 is 10.4 Å². The van der Waals surface area contributed by atoms with Crippen LogP contribution in [0.5, 0.6) is 0 Å². The molecule has 1 aliphatic carbocycles. The minimum absolute atomic E-state index is 0.270. The lowest BCUT2D eigenvalue weighted by atomic mass is 9.78. The Morgan fingerprint density at radius 3 is 2.29 bits per heavy atom. The van der Waals surface area contributed by atoms with Crippen LogP contribution in [-0.2, 0) is 0 Å². The summed E-state index contributed by atoms with van der Waals surface area (Å²) in [6.07, 6.45) is 5.07. The molecule has 0 saturated heterocycles. The molecule has 2 N–H and O–H groups in total. The standard InChI is InChI=1S/C12H25NO/c1-4-11(8-14)13-12-9(2)6-5-7-10(12)3/h9-14H,4-8H2,1-3H3/t9?,10?,11-,12?/m0/s1. The van der Waals surface area contributed by atoms with Gasteiger partial charge in [0.15, 0.2) is 0 Å². The van der Waals surface area contributed by atoms with Crippen molar-refractivity contribution in [3.63, 3.8) is 0 Å². The highest BCUT2D eigenvalue weighted by Crippen LogP contribution is 2.29. The Bertz CT molecular complexity index is 146. The Morgan fingerprint density at radius 2 is 1.86 bits per heavy atom. The van der Waals surface area contributed by atoms with E-state index in [4.69, 9.17) is 5.11 Å². The van der Waals surface area contributed by atoms with Crippen molar-refractivity contribution < 1.29 is 5.11 Å². The molecule has 2 heteroatoms. The molecule has 1 rings (SSSR count). The Balaban J connectivity index is 2.46. The fraction of sp³-hybridized carbons (Fsp3) is 1.00. The predicted octanol–water partition coefficient (Wildman–Crippen LogP) is 2.17. The van der Waals surface area contributed by atoms with Gasteiger partial charge in [0.25, 0.3) is 0 Å². The molecule has 1 saturated carbocycles. The molecule has 0 amide bonds. The third kappa shape index (κ3) is 2.96. The van der Waals surface area contributed by atoms with Crippen molar-refractivity contribution in [1.29, 1.82) is 0 Å². The lowest BCUT2D eigenvalue weighted by molar-refractivity contribution is 0.158. The van der Waals surface area contributed by atoms with Gasteiger partial charge in [-0.2, -0.15) is 0 Å². The molecule has 2 unspecified atom stereocenters. The monoisotopic (exact) mass is 199 g/mol. The molecule has 0 radical (unpaired) electrons. The summed E-state index contributed by atoms with van der Waals surface area (Å²) in [6, 6.07) is 0.906. The maximum Gasteiger partial charge on any atom is 0.0584 e. The number of hydrogen-bond acceptors (Lipinski definition) is 2. The highest BCUT2D eigenvalue weighted by Gasteiger charge is 2.28. The molecule has 1 aliphatic rings. The van der Waals surface area contributed by atoms with Gasteiger partial charge in [-0.05, 0) is 31.1 Å². The first-order valence-corrected chi connectivity index (χ1v) is 6.06. The topological polar surface area (TPSA) is 32.3 Å². The average molecular weight is 199 g/mol. The SMILES string of the molecule is CC[C@@H](CO)NC1C(C)CCCC1C. The Hall–Kier alpha value is -0.0800. The quantitative estimate of drug-likeness (QED) is 0.727. The zero-order valence-electron chi connectivity index (χ0n) is 9.79. The van der Waals surface area contributed by atoms with E-state index in [9.17, 15) is 0 Å². The summed E-state index contributed by atoms with van der Waals surface area (Å²) in [5, 5.41) is 12.8. The summed E-state index contributed by atoms with van der Waals surface area (Å²) in [5.41, 5.74) is 0. The number of rotatable bonds is 4. The normalized spacial score (nSPS) is 35.6. The Morgan fingerprint density at radius 1 is 1.29 bits per heavy atom. The van der Waals surface area contributed by atoms with Crippen LogP contribution >= 0.6 is 0 Å². The van der Waals surface area contributed by atoms with Crippen molar-refractivity contribution in [3.8, 4) is 0 Å². The lowest BCUT2D eigenvalue weighted by Gasteiger charge is -2.37. The van der Waals surface area contributed by atoms with Crippen molar-refractivity contribution in [1.82, 2.24) is 5.32 Å². The molecule has 1 fully saturated rings. The minimum Gasteiger partial charge on any atom is -0.395 e. The molecule has 84 valence electrons. The highest BCUT2D eigenvalue weighted by molar-refractivity contribution is 4.85. The van der Waals surface area contributed by atoms with E-state index in [-0.39, 0.29) is 6.61 Å². The molecule has 0 aliphatic heterocycles. The molecule has 3 atom stereocenters. The minimum atomic E-state index is 0.270. The molecule has 0 aromatic heterocycles. The number of aliphatic hydroxyl groups is 1. The van der Waals surface area contributed by atoms with Crippen molar-refractivity contribution >= 4 is 0 Å². The molecule has 0 heterocycles. The van der Waals surface area contributed by atoms with Crippen molar-refractivity contribution in [2.24, 2.45) is 11.8 Å². The third-order valence-electron chi connectivity index (χ3n) is 3.69. The largest absolute Gasteiger partial charge is 0.395 e. The predicted molar refractivity (Wildman–Crippen MR) is 60.3 cm³/mol. The zero-order valence-corrected chi connectivity index (χ0v) is 9.79. The smallest absolute Gasteiger partial charge is 0.0584 e. The molecule has 0 bridgehead atoms. The van der Waals surface area contributed by atoms with Crippen LogP contribution in [0.25, 0.3) is 0 Å². The van der Waals surface area contributed by atoms with Crippen LogP contribution in [0.3, 0.4) is 0 Å². The van der Waals surface area contributed by atoms with Crippen LogP contribution in [0, 0.1) is 11.8 Å². The molecule has 0 aromatic rings. The first-order chi connectivity index (χ1) is 6.69. The molecular weight excluding hydrogens is 174 g/mol. The summed E-state index contributed by atoms with van der Waals surface area (Å²) in [5.74, 6) is 1.53. The second kappa shape index (κ2) is 5.72. The van der Waals surface area contributed by atoms with E-state index in [0.29, 0.717) is 12.1 Å². The maximum atomic E-state index is 9.17. The lowest BCUT2D eigenvalue weighted by Crippen LogP contribution is -2.48. The van der Waals surface area contributed by atoms with Crippen molar-refractivity contribution in [3.05, 3.63) is 0 Å². The molecule has 14 heavy (non-hydrogen) atoms. The van der Waals surface area contributed by atoms with E-state index in [1.165, 1.54) is 19.3 Å². The second-order valence-corrected chi connectivity index (χ2v) is 4.87. The highest BCUT2D eigenvalue weighted by atomic mass is 16.3. The van der Waals surface area contributed by atoms with Crippen molar-refractivity contribution in [2.75, 3.05) is 6.61 Å². The zero-order chi connectivity index (χ0) is 10.6. The Labute approximate surface area is 88.1 Å². The molecular formula is C12H25NO. The summed E-state index contributed by atoms with van der Waals surface area (Å²) in [4.78, 5) is 0. The van der Waals surface area contributed by atoms with Crippen LogP contribution in [-0.4, -0.2) is 23.8 Å². The van der Waals surface area contributed by atoms with Gasteiger partial charge in [-0.15, -0.1) is 0 Å². The second-order valence-electron chi connectivity index (χ2n) is 4.87. The maximum absolute atomic E-state index is 9.17. The Kier molecular flexibility index (Phi) is 4.90. The summed E-state index contributed by atoms with van der Waals surface area (Å²) < 4.78 is 0. The average Bonchev–Trinajstić information content (AvgIpc) is 2.18. The van der Waals surface area contributed by atoms with Crippen LogP contribution in [0.15, 0.2) is 0 Å². The van der Waals surface area contributed by atoms with Crippen molar-refractivity contribution in [2.45, 2.75) is 58.5 Å². The van der Waals surface area contributed by atoms with Crippen LogP contribution < -0.4 is 5.32 Å². The summed E-state index contributed by atoms with van der Waals surface area (Å²) in [7, 11) is 0. The van der Waals surface area contributed by atoms with Gasteiger partial charge in [-0.25, -0.2) is 0 Å². The van der Waals surface area contributed by atoms with E-state index in [2.05, 4.69) is 26.1 Å². The van der Waals surface area contributed by atoms with E-state index < -0.39 is 0 Å². The van der Waals surface area contributed by atoms with Gasteiger partial charge in [0.2, 0.25) is 0 Å². The van der Waals surface area contributed by atoms with Gasteiger partial charge in [0, 0.05) is 12.1 Å².